The third kappa shape index (κ3) is 2.17. The maximum Gasteiger partial charge on any atom is 0.246 e. The van der Waals surface area contributed by atoms with Crippen LogP contribution < -0.4 is 0 Å². The molecule has 2 aliphatic rings. The number of fused-ring (bicyclic) bond motifs is 4. The minimum atomic E-state index is -0.428. The molecular weight excluding hydrogens is 318 g/mol. The molecule has 2 aliphatic heterocycles. The normalized spacial score (nSPS) is 20.1. The number of para-hydroxylation sites is 1. The average molecular weight is 335 g/mol. The molecule has 4 heterocycles. The Morgan fingerprint density at radius 2 is 2.00 bits per heavy atom. The highest BCUT2D eigenvalue weighted by molar-refractivity contribution is 5.96. The molecule has 0 saturated carbocycles. The van der Waals surface area contributed by atoms with Gasteiger partial charge in [0.1, 0.15) is 18.3 Å². The van der Waals surface area contributed by atoms with E-state index in [1.54, 1.807) is 22.1 Å². The van der Waals surface area contributed by atoms with Gasteiger partial charge < -0.3 is 19.2 Å². The van der Waals surface area contributed by atoms with E-state index in [1.165, 1.54) is 0 Å². The first-order chi connectivity index (χ1) is 12.2. The fraction of sp³-hybridized carbons (Fsp3) is 0.263. The van der Waals surface area contributed by atoms with Gasteiger partial charge in [0.25, 0.3) is 0 Å². The molecule has 2 aromatic heterocycles. The van der Waals surface area contributed by atoms with E-state index < -0.39 is 6.04 Å². The van der Waals surface area contributed by atoms with Crippen LogP contribution in [-0.4, -0.2) is 39.2 Å². The molecule has 1 atom stereocenters. The minimum Gasteiger partial charge on any atom is -0.467 e. The van der Waals surface area contributed by atoms with Crippen molar-refractivity contribution in [2.45, 2.75) is 25.6 Å². The predicted octanol–water partition coefficient (Wildman–Crippen LogP) is 2.06. The van der Waals surface area contributed by atoms with Gasteiger partial charge in [0.15, 0.2) is 0 Å². The lowest BCUT2D eigenvalue weighted by molar-refractivity contribution is -0.158. The molecule has 0 aliphatic carbocycles. The number of hydrogen-bond donors (Lipinski definition) is 1. The van der Waals surface area contributed by atoms with Crippen LogP contribution in [0.1, 0.15) is 17.0 Å². The number of aromatic nitrogens is 1. The van der Waals surface area contributed by atoms with Crippen LogP contribution in [-0.2, 0) is 29.1 Å². The van der Waals surface area contributed by atoms with Crippen molar-refractivity contribution in [3.8, 4) is 0 Å². The van der Waals surface area contributed by atoms with Gasteiger partial charge in [-0.05, 0) is 23.8 Å². The van der Waals surface area contributed by atoms with Crippen LogP contribution >= 0.6 is 0 Å². The number of nitrogens with zero attached hydrogens (tertiary/aromatic N) is 2. The monoisotopic (exact) mass is 335 g/mol. The summed E-state index contributed by atoms with van der Waals surface area (Å²) in [5, 5.41) is 1.14. The van der Waals surface area contributed by atoms with Crippen molar-refractivity contribution in [1.82, 2.24) is 14.8 Å². The molecule has 0 spiro atoms. The van der Waals surface area contributed by atoms with Gasteiger partial charge in [-0.25, -0.2) is 0 Å². The van der Waals surface area contributed by atoms with Gasteiger partial charge in [0, 0.05) is 23.0 Å². The van der Waals surface area contributed by atoms with Crippen molar-refractivity contribution in [3.63, 3.8) is 0 Å². The summed E-state index contributed by atoms with van der Waals surface area (Å²) in [6.45, 7) is 0.905. The summed E-state index contributed by atoms with van der Waals surface area (Å²) in [6, 6.07) is 11.3. The molecule has 1 N–H and O–H groups in total. The van der Waals surface area contributed by atoms with Crippen molar-refractivity contribution in [2.24, 2.45) is 0 Å². The van der Waals surface area contributed by atoms with Crippen LogP contribution in [0.4, 0.5) is 0 Å². The first kappa shape index (κ1) is 14.3. The van der Waals surface area contributed by atoms with Crippen LogP contribution in [0.2, 0.25) is 0 Å². The molecule has 5 rings (SSSR count). The Hall–Kier alpha value is -3.02. The number of aromatic amines is 1. The number of carbonyl (C=O) groups is 2. The first-order valence-electron chi connectivity index (χ1n) is 8.40. The van der Waals surface area contributed by atoms with Gasteiger partial charge in [-0.15, -0.1) is 0 Å². The zero-order valence-electron chi connectivity index (χ0n) is 13.6. The van der Waals surface area contributed by atoms with Crippen LogP contribution in [0.3, 0.4) is 0 Å². The molecule has 126 valence electrons. The fourth-order valence-corrected chi connectivity index (χ4v) is 3.96. The zero-order valence-corrected chi connectivity index (χ0v) is 13.6. The zero-order chi connectivity index (χ0) is 17.0. The summed E-state index contributed by atoms with van der Waals surface area (Å²) in [5.74, 6) is 0.672. The number of furan rings is 1. The molecule has 25 heavy (non-hydrogen) atoms. The van der Waals surface area contributed by atoms with E-state index in [2.05, 4.69) is 11.1 Å². The van der Waals surface area contributed by atoms with Crippen molar-refractivity contribution in [2.75, 3.05) is 6.54 Å². The Bertz CT molecular complexity index is 973. The van der Waals surface area contributed by atoms with Gasteiger partial charge in [-0.2, -0.15) is 0 Å². The van der Waals surface area contributed by atoms with E-state index in [-0.39, 0.29) is 18.4 Å². The quantitative estimate of drug-likeness (QED) is 0.779. The standard InChI is InChI=1S/C19H17N3O3/c23-18-11-21(9-12-4-3-7-25-12)19(24)17-8-14-13-5-1-2-6-15(13)20-16(14)10-22(17)18/h1-7,17,20H,8-11H2. The van der Waals surface area contributed by atoms with E-state index in [9.17, 15) is 9.59 Å². The number of nitrogens with one attached hydrogen (secondary N) is 1. The lowest BCUT2D eigenvalue weighted by Crippen LogP contribution is -2.61. The van der Waals surface area contributed by atoms with Crippen LogP contribution in [0.15, 0.2) is 47.1 Å². The summed E-state index contributed by atoms with van der Waals surface area (Å²) >= 11 is 0. The maximum absolute atomic E-state index is 13.0. The highest BCUT2D eigenvalue weighted by Crippen LogP contribution is 2.32. The number of hydrogen-bond acceptors (Lipinski definition) is 3. The summed E-state index contributed by atoms with van der Waals surface area (Å²) in [6.07, 6.45) is 2.13. The van der Waals surface area contributed by atoms with E-state index in [0.29, 0.717) is 25.3 Å². The second-order valence-corrected chi connectivity index (χ2v) is 6.64. The highest BCUT2D eigenvalue weighted by Gasteiger charge is 2.43. The molecule has 0 bridgehead atoms. The second-order valence-electron chi connectivity index (χ2n) is 6.64. The van der Waals surface area contributed by atoms with Crippen LogP contribution in [0, 0.1) is 0 Å². The van der Waals surface area contributed by atoms with Gasteiger partial charge in [0.05, 0.1) is 19.4 Å². The van der Waals surface area contributed by atoms with E-state index in [0.717, 1.165) is 22.2 Å². The Morgan fingerprint density at radius 3 is 2.84 bits per heavy atom. The maximum atomic E-state index is 13.0. The Balaban J connectivity index is 1.49. The third-order valence-corrected chi connectivity index (χ3v) is 5.17. The Morgan fingerprint density at radius 1 is 1.12 bits per heavy atom. The SMILES string of the molecule is O=C1C2Cc3c([nH]c4ccccc34)CN2C(=O)CN1Cc1ccco1. The summed E-state index contributed by atoms with van der Waals surface area (Å²) in [7, 11) is 0. The summed E-state index contributed by atoms with van der Waals surface area (Å²) < 4.78 is 5.33. The molecule has 6 nitrogen and oxygen atoms in total. The van der Waals surface area contributed by atoms with Crippen molar-refractivity contribution in [1.29, 1.82) is 0 Å². The van der Waals surface area contributed by atoms with Crippen molar-refractivity contribution >= 4 is 22.7 Å². The molecule has 1 aromatic carbocycles. The molecule has 3 aromatic rings. The molecule has 0 radical (unpaired) electrons. The Labute approximate surface area is 144 Å². The number of amides is 2. The molecular formula is C19H17N3O3. The van der Waals surface area contributed by atoms with Gasteiger partial charge in [0.2, 0.25) is 11.8 Å². The average Bonchev–Trinajstić information content (AvgIpc) is 3.25. The largest absolute Gasteiger partial charge is 0.467 e. The molecule has 1 saturated heterocycles. The first-order valence-corrected chi connectivity index (χ1v) is 8.40. The summed E-state index contributed by atoms with van der Waals surface area (Å²) in [4.78, 5) is 32.3. The molecule has 2 amide bonds. The van der Waals surface area contributed by atoms with E-state index in [1.807, 2.05) is 24.3 Å². The molecule has 1 unspecified atom stereocenters. The number of benzene rings is 1. The van der Waals surface area contributed by atoms with Gasteiger partial charge in [-0.1, -0.05) is 18.2 Å². The third-order valence-electron chi connectivity index (χ3n) is 5.17. The number of piperazine rings is 1. The lowest BCUT2D eigenvalue weighted by atomic mass is 9.94. The van der Waals surface area contributed by atoms with Crippen LogP contribution in [0.25, 0.3) is 10.9 Å². The lowest BCUT2D eigenvalue weighted by Gasteiger charge is -2.42. The topological polar surface area (TPSA) is 69.6 Å². The predicted molar refractivity (Wildman–Crippen MR) is 90.5 cm³/mol. The van der Waals surface area contributed by atoms with Gasteiger partial charge in [-0.3, -0.25) is 9.59 Å². The minimum absolute atomic E-state index is 0.00747. The number of H-pyrrole nitrogens is 1. The van der Waals surface area contributed by atoms with E-state index >= 15 is 0 Å². The fourth-order valence-electron chi connectivity index (χ4n) is 3.96. The van der Waals surface area contributed by atoms with Crippen molar-refractivity contribution < 1.29 is 14.0 Å². The van der Waals surface area contributed by atoms with Crippen LogP contribution in [0.5, 0.6) is 0 Å². The summed E-state index contributed by atoms with van der Waals surface area (Å²) in [5.41, 5.74) is 3.25. The molecule has 6 heteroatoms. The van der Waals surface area contributed by atoms with E-state index in [4.69, 9.17) is 4.42 Å². The Kier molecular flexibility index (Phi) is 3.00. The second kappa shape index (κ2) is 5.24. The molecule has 1 fully saturated rings. The van der Waals surface area contributed by atoms with Crippen molar-refractivity contribution in [3.05, 3.63) is 59.7 Å². The smallest absolute Gasteiger partial charge is 0.246 e. The number of rotatable bonds is 2. The van der Waals surface area contributed by atoms with Gasteiger partial charge >= 0.3 is 0 Å². The highest BCUT2D eigenvalue weighted by atomic mass is 16.3. The number of carbonyl (C=O) groups excluding carboxylic acids is 2.